The van der Waals surface area contributed by atoms with E-state index < -0.39 is 18.4 Å². The summed E-state index contributed by atoms with van der Waals surface area (Å²) in [6.07, 6.45) is 0.325. The summed E-state index contributed by atoms with van der Waals surface area (Å²) in [4.78, 5) is 31.0. The summed E-state index contributed by atoms with van der Waals surface area (Å²) in [5.41, 5.74) is 0.865. The van der Waals surface area contributed by atoms with Crippen LogP contribution < -0.4 is 10.1 Å². The van der Waals surface area contributed by atoms with E-state index in [1.54, 1.807) is 6.92 Å². The molecule has 0 aliphatic heterocycles. The van der Waals surface area contributed by atoms with Crippen molar-refractivity contribution >= 4 is 11.9 Å². The Morgan fingerprint density at radius 1 is 1.00 bits per heavy atom. The highest BCUT2D eigenvalue weighted by Crippen LogP contribution is 2.23. The standard InChI is InChI=1S/C21H19N3O5/c1-13-20(27)19(21(28)22-12-18(25)26)24-17(23-13)11-14-7-9-16(10-8-14)29-15-5-3-2-4-6-15/h2-10,27H,11-12H2,1H3,(H,22,28)(H,25,26). The maximum Gasteiger partial charge on any atom is 0.322 e. The zero-order valence-electron chi connectivity index (χ0n) is 15.6. The maximum atomic E-state index is 12.1. The van der Waals surface area contributed by atoms with Crippen LogP contribution in [0.3, 0.4) is 0 Å². The second-order valence-electron chi connectivity index (χ2n) is 6.23. The summed E-state index contributed by atoms with van der Waals surface area (Å²) < 4.78 is 5.75. The van der Waals surface area contributed by atoms with Gasteiger partial charge in [-0.05, 0) is 36.8 Å². The number of carbonyl (C=O) groups excluding carboxylic acids is 1. The molecule has 0 aliphatic carbocycles. The van der Waals surface area contributed by atoms with Gasteiger partial charge in [-0.3, -0.25) is 9.59 Å². The van der Waals surface area contributed by atoms with Gasteiger partial charge in [0.05, 0.1) is 5.69 Å². The molecule has 0 saturated heterocycles. The van der Waals surface area contributed by atoms with Crippen LogP contribution in [0.4, 0.5) is 0 Å². The number of ether oxygens (including phenoxy) is 1. The van der Waals surface area contributed by atoms with Crippen LogP contribution in [0.5, 0.6) is 17.2 Å². The molecule has 0 fully saturated rings. The minimum absolute atomic E-state index is 0.236. The van der Waals surface area contributed by atoms with Crippen molar-refractivity contribution < 1.29 is 24.5 Å². The van der Waals surface area contributed by atoms with Crippen molar-refractivity contribution in [2.45, 2.75) is 13.3 Å². The lowest BCUT2D eigenvalue weighted by Gasteiger charge is -2.10. The molecule has 0 radical (unpaired) electrons. The normalized spacial score (nSPS) is 10.4. The van der Waals surface area contributed by atoms with Crippen molar-refractivity contribution in [3.63, 3.8) is 0 Å². The van der Waals surface area contributed by atoms with Gasteiger partial charge in [0.2, 0.25) is 0 Å². The molecular formula is C21H19N3O5. The topological polar surface area (TPSA) is 122 Å². The minimum Gasteiger partial charge on any atom is -0.504 e. The van der Waals surface area contributed by atoms with E-state index in [4.69, 9.17) is 9.84 Å². The number of hydrogen-bond acceptors (Lipinski definition) is 6. The van der Waals surface area contributed by atoms with Crippen LogP contribution in [-0.2, 0) is 11.2 Å². The van der Waals surface area contributed by atoms with Crippen molar-refractivity contribution in [3.8, 4) is 17.2 Å². The van der Waals surface area contributed by atoms with Crippen LogP contribution in [0.2, 0.25) is 0 Å². The number of carbonyl (C=O) groups is 2. The van der Waals surface area contributed by atoms with Crippen molar-refractivity contribution in [2.75, 3.05) is 6.54 Å². The molecule has 29 heavy (non-hydrogen) atoms. The number of nitrogens with one attached hydrogen (secondary N) is 1. The molecule has 148 valence electrons. The van der Waals surface area contributed by atoms with E-state index >= 15 is 0 Å². The molecule has 0 bridgehead atoms. The van der Waals surface area contributed by atoms with Crippen molar-refractivity contribution in [3.05, 3.63) is 77.4 Å². The monoisotopic (exact) mass is 393 g/mol. The Labute approximate surface area is 166 Å². The maximum absolute atomic E-state index is 12.1. The van der Waals surface area contributed by atoms with E-state index in [1.807, 2.05) is 54.6 Å². The fraction of sp³-hybridized carbons (Fsp3) is 0.143. The molecule has 1 aromatic heterocycles. The van der Waals surface area contributed by atoms with E-state index in [2.05, 4.69) is 15.3 Å². The molecule has 2 aromatic carbocycles. The quantitative estimate of drug-likeness (QED) is 0.564. The minimum atomic E-state index is -1.19. The Morgan fingerprint density at radius 2 is 1.66 bits per heavy atom. The molecule has 0 atom stereocenters. The number of aromatic nitrogens is 2. The average molecular weight is 393 g/mol. The number of carboxylic acid groups (broad SMARTS) is 1. The van der Waals surface area contributed by atoms with Gasteiger partial charge < -0.3 is 20.3 Å². The van der Waals surface area contributed by atoms with Crippen LogP contribution in [0, 0.1) is 6.92 Å². The lowest BCUT2D eigenvalue weighted by molar-refractivity contribution is -0.135. The number of benzene rings is 2. The van der Waals surface area contributed by atoms with E-state index in [0.29, 0.717) is 18.0 Å². The fourth-order valence-corrected chi connectivity index (χ4v) is 2.58. The van der Waals surface area contributed by atoms with Gasteiger partial charge in [-0.1, -0.05) is 30.3 Å². The number of hydrogen-bond donors (Lipinski definition) is 3. The molecule has 0 spiro atoms. The Hall–Kier alpha value is -3.94. The smallest absolute Gasteiger partial charge is 0.322 e. The first-order valence-corrected chi connectivity index (χ1v) is 8.80. The SMILES string of the molecule is Cc1nc(Cc2ccc(Oc3ccccc3)cc2)nc(C(=O)NCC(=O)O)c1O. The second kappa shape index (κ2) is 8.83. The Balaban J connectivity index is 1.74. The number of aryl methyl sites for hydroxylation is 1. The third-order valence-corrected chi connectivity index (χ3v) is 3.98. The predicted molar refractivity (Wildman–Crippen MR) is 104 cm³/mol. The molecule has 1 heterocycles. The molecule has 3 rings (SSSR count). The molecule has 3 N–H and O–H groups in total. The van der Waals surface area contributed by atoms with Crippen LogP contribution in [0.25, 0.3) is 0 Å². The van der Waals surface area contributed by atoms with Gasteiger partial charge >= 0.3 is 5.97 Å². The number of amides is 1. The molecule has 0 saturated carbocycles. The number of aliphatic carboxylic acids is 1. The number of carboxylic acids is 1. The molecule has 0 aliphatic rings. The fourth-order valence-electron chi connectivity index (χ4n) is 2.58. The molecule has 1 amide bonds. The Kier molecular flexibility index (Phi) is 6.03. The first-order chi connectivity index (χ1) is 13.9. The van der Waals surface area contributed by atoms with E-state index in [-0.39, 0.29) is 17.1 Å². The number of para-hydroxylation sites is 1. The summed E-state index contributed by atoms with van der Waals surface area (Å²) >= 11 is 0. The predicted octanol–water partition coefficient (Wildman–Crippen LogP) is 2.69. The zero-order chi connectivity index (χ0) is 20.8. The van der Waals surface area contributed by atoms with E-state index in [0.717, 1.165) is 11.3 Å². The van der Waals surface area contributed by atoms with Gasteiger partial charge in [0, 0.05) is 6.42 Å². The summed E-state index contributed by atoms with van der Waals surface area (Å²) in [5.74, 6) is -0.600. The number of aromatic hydroxyl groups is 1. The van der Waals surface area contributed by atoms with Gasteiger partial charge in [0.15, 0.2) is 11.4 Å². The molecular weight excluding hydrogens is 374 g/mol. The lowest BCUT2D eigenvalue weighted by Crippen LogP contribution is -2.30. The molecule has 8 nitrogen and oxygen atoms in total. The summed E-state index contributed by atoms with van der Waals surface area (Å²) in [6.45, 7) is 0.977. The van der Waals surface area contributed by atoms with Crippen LogP contribution in [-0.4, -0.2) is 38.6 Å². The summed E-state index contributed by atoms with van der Waals surface area (Å²) in [5, 5.41) is 20.9. The van der Waals surface area contributed by atoms with Crippen molar-refractivity contribution in [1.82, 2.24) is 15.3 Å². The zero-order valence-corrected chi connectivity index (χ0v) is 15.6. The first-order valence-electron chi connectivity index (χ1n) is 8.80. The van der Waals surface area contributed by atoms with Crippen LogP contribution in [0.15, 0.2) is 54.6 Å². The molecule has 0 unspecified atom stereocenters. The van der Waals surface area contributed by atoms with Gasteiger partial charge in [-0.25, -0.2) is 9.97 Å². The number of nitrogens with zero attached hydrogens (tertiary/aromatic N) is 2. The summed E-state index contributed by atoms with van der Waals surface area (Å²) in [7, 11) is 0. The average Bonchev–Trinajstić information content (AvgIpc) is 2.71. The third-order valence-electron chi connectivity index (χ3n) is 3.98. The van der Waals surface area contributed by atoms with E-state index in [9.17, 15) is 14.7 Å². The lowest BCUT2D eigenvalue weighted by atomic mass is 10.1. The molecule has 8 heteroatoms. The molecule has 3 aromatic rings. The second-order valence-corrected chi connectivity index (χ2v) is 6.23. The van der Waals surface area contributed by atoms with Gasteiger partial charge in [0.25, 0.3) is 5.91 Å². The highest BCUT2D eigenvalue weighted by atomic mass is 16.5. The van der Waals surface area contributed by atoms with Crippen molar-refractivity contribution in [1.29, 1.82) is 0 Å². The van der Waals surface area contributed by atoms with Crippen molar-refractivity contribution in [2.24, 2.45) is 0 Å². The van der Waals surface area contributed by atoms with Crippen LogP contribution in [0.1, 0.15) is 27.6 Å². The third kappa shape index (κ3) is 5.29. The number of rotatable bonds is 7. The van der Waals surface area contributed by atoms with Crippen LogP contribution >= 0.6 is 0 Å². The van der Waals surface area contributed by atoms with Gasteiger partial charge in [-0.15, -0.1) is 0 Å². The Bertz CT molecular complexity index is 1020. The Morgan fingerprint density at radius 3 is 2.31 bits per heavy atom. The van der Waals surface area contributed by atoms with Gasteiger partial charge in [0.1, 0.15) is 23.9 Å². The largest absolute Gasteiger partial charge is 0.504 e. The first kappa shape index (κ1) is 19.8. The highest BCUT2D eigenvalue weighted by molar-refractivity contribution is 5.96. The van der Waals surface area contributed by atoms with Gasteiger partial charge in [-0.2, -0.15) is 0 Å². The van der Waals surface area contributed by atoms with E-state index in [1.165, 1.54) is 0 Å². The summed E-state index contributed by atoms with van der Waals surface area (Å²) in [6, 6.07) is 16.7. The highest BCUT2D eigenvalue weighted by Gasteiger charge is 2.18.